The minimum atomic E-state index is -0.359. The smallest absolute Gasteiger partial charge is 0.194 e. The zero-order chi connectivity index (χ0) is 19.3. The molecule has 0 radical (unpaired) electrons. The summed E-state index contributed by atoms with van der Waals surface area (Å²) in [5, 5.41) is 7.72. The molecule has 1 aromatic carbocycles. The molecule has 0 aliphatic heterocycles. The van der Waals surface area contributed by atoms with Crippen molar-refractivity contribution in [3.63, 3.8) is 0 Å². The number of hydrogen-bond acceptors (Lipinski definition) is 3. The lowest BCUT2D eigenvalue weighted by molar-refractivity contribution is 0.385. The van der Waals surface area contributed by atoms with E-state index in [9.17, 15) is 4.39 Å². The average Bonchev–Trinajstić information content (AvgIpc) is 2.84. The molecule has 0 atom stereocenters. The first-order valence-electron chi connectivity index (χ1n) is 8.68. The Bertz CT molecular complexity index is 791. The quantitative estimate of drug-likeness (QED) is 0.384. The number of aromatic nitrogens is 2. The van der Waals surface area contributed by atoms with Crippen LogP contribution < -0.4 is 10.1 Å². The van der Waals surface area contributed by atoms with E-state index < -0.39 is 0 Å². The lowest BCUT2D eigenvalue weighted by Gasteiger charge is -2.22. The van der Waals surface area contributed by atoms with E-state index in [1.807, 2.05) is 50.5 Å². The molecule has 0 fully saturated rings. The fraction of sp³-hybridized carbons (Fsp3) is 0.474. The van der Waals surface area contributed by atoms with Crippen molar-refractivity contribution in [2.75, 3.05) is 20.7 Å². The van der Waals surface area contributed by atoms with Gasteiger partial charge in [-0.2, -0.15) is 5.10 Å². The summed E-state index contributed by atoms with van der Waals surface area (Å²) in [6.45, 7) is 7.91. The minimum absolute atomic E-state index is 0. The van der Waals surface area contributed by atoms with Crippen molar-refractivity contribution in [2.24, 2.45) is 12.0 Å². The number of nitrogens with one attached hydrogen (secondary N) is 1. The third-order valence-electron chi connectivity index (χ3n) is 4.38. The van der Waals surface area contributed by atoms with E-state index in [0.29, 0.717) is 13.1 Å². The summed E-state index contributed by atoms with van der Waals surface area (Å²) < 4.78 is 20.8. The maximum Gasteiger partial charge on any atom is 0.194 e. The zero-order valence-corrected chi connectivity index (χ0v) is 19.2. The topological polar surface area (TPSA) is 54.7 Å². The summed E-state index contributed by atoms with van der Waals surface area (Å²) in [6.07, 6.45) is 0. The highest BCUT2D eigenvalue weighted by Crippen LogP contribution is 2.18. The van der Waals surface area contributed by atoms with Crippen LogP contribution in [-0.2, 0) is 20.1 Å². The summed E-state index contributed by atoms with van der Waals surface area (Å²) in [7, 11) is 5.33. The monoisotopic (exact) mass is 489 g/mol. The van der Waals surface area contributed by atoms with Gasteiger partial charge < -0.3 is 15.0 Å². The standard InChI is InChI=1S/C19H28FN5O.HI/c1-7-21-19(22-11-16-13(2)23-25(5)14(16)3)24(4)12-15-8-9-18(26-6)17(20)10-15;/h8-10H,7,11-12H2,1-6H3,(H,21,22);1H. The maximum atomic E-state index is 13.9. The molecular formula is C19H29FIN5O. The predicted octanol–water partition coefficient (Wildman–Crippen LogP) is 3.40. The first-order valence-corrected chi connectivity index (χ1v) is 8.68. The fourth-order valence-electron chi connectivity index (χ4n) is 2.83. The first kappa shape index (κ1) is 23.2. The van der Waals surface area contributed by atoms with Gasteiger partial charge in [-0.3, -0.25) is 4.68 Å². The number of hydrogen-bond donors (Lipinski definition) is 1. The van der Waals surface area contributed by atoms with Gasteiger partial charge in [0, 0.05) is 38.4 Å². The molecule has 0 saturated carbocycles. The van der Waals surface area contributed by atoms with Crippen LogP contribution >= 0.6 is 24.0 Å². The van der Waals surface area contributed by atoms with E-state index in [4.69, 9.17) is 9.73 Å². The number of methoxy groups -OCH3 is 1. The molecular weight excluding hydrogens is 460 g/mol. The first-order chi connectivity index (χ1) is 12.4. The number of aliphatic imine (C=N–C) groups is 1. The molecule has 0 bridgehead atoms. The highest BCUT2D eigenvalue weighted by atomic mass is 127. The number of aryl methyl sites for hydroxylation is 2. The van der Waals surface area contributed by atoms with Crippen molar-refractivity contribution in [2.45, 2.75) is 33.9 Å². The number of ether oxygens (including phenoxy) is 1. The normalized spacial score (nSPS) is 11.1. The van der Waals surface area contributed by atoms with Crippen LogP contribution in [0.2, 0.25) is 0 Å². The van der Waals surface area contributed by atoms with Crippen LogP contribution in [0.5, 0.6) is 5.75 Å². The summed E-state index contributed by atoms with van der Waals surface area (Å²) in [6, 6.07) is 5.00. The Morgan fingerprint density at radius 3 is 2.59 bits per heavy atom. The number of benzene rings is 1. The number of guanidine groups is 1. The molecule has 0 amide bonds. The summed E-state index contributed by atoms with van der Waals surface area (Å²) in [5.74, 6) is 0.660. The Morgan fingerprint density at radius 1 is 1.37 bits per heavy atom. The van der Waals surface area contributed by atoms with Crippen LogP contribution in [-0.4, -0.2) is 41.3 Å². The van der Waals surface area contributed by atoms with Crippen molar-refractivity contribution >= 4 is 29.9 Å². The van der Waals surface area contributed by atoms with Gasteiger partial charge in [0.1, 0.15) is 0 Å². The molecule has 150 valence electrons. The molecule has 2 aromatic rings. The molecule has 1 aromatic heterocycles. The molecule has 0 aliphatic rings. The third-order valence-corrected chi connectivity index (χ3v) is 4.38. The third kappa shape index (κ3) is 5.82. The van der Waals surface area contributed by atoms with Crippen LogP contribution in [0.25, 0.3) is 0 Å². The van der Waals surface area contributed by atoms with Gasteiger partial charge in [0.2, 0.25) is 0 Å². The second-order valence-electron chi connectivity index (χ2n) is 6.27. The van der Waals surface area contributed by atoms with E-state index >= 15 is 0 Å². The van der Waals surface area contributed by atoms with Crippen LogP contribution in [0.3, 0.4) is 0 Å². The van der Waals surface area contributed by atoms with Crippen molar-refractivity contribution in [3.8, 4) is 5.75 Å². The van der Waals surface area contributed by atoms with Crippen LogP contribution in [0.1, 0.15) is 29.4 Å². The van der Waals surface area contributed by atoms with Crippen LogP contribution in [0.4, 0.5) is 4.39 Å². The van der Waals surface area contributed by atoms with Crippen molar-refractivity contribution in [3.05, 3.63) is 46.5 Å². The second-order valence-corrected chi connectivity index (χ2v) is 6.27. The van der Waals surface area contributed by atoms with Gasteiger partial charge in [-0.15, -0.1) is 24.0 Å². The lowest BCUT2D eigenvalue weighted by atomic mass is 10.2. The minimum Gasteiger partial charge on any atom is -0.494 e. The van der Waals surface area contributed by atoms with Crippen molar-refractivity contribution in [1.82, 2.24) is 20.0 Å². The Morgan fingerprint density at radius 2 is 2.07 bits per heavy atom. The van der Waals surface area contributed by atoms with E-state index in [1.165, 1.54) is 13.2 Å². The van der Waals surface area contributed by atoms with Gasteiger partial charge >= 0.3 is 0 Å². The van der Waals surface area contributed by atoms with Crippen molar-refractivity contribution in [1.29, 1.82) is 0 Å². The molecule has 0 spiro atoms. The Labute approximate surface area is 177 Å². The highest BCUT2D eigenvalue weighted by molar-refractivity contribution is 14.0. The molecule has 0 aliphatic carbocycles. The Hall–Kier alpha value is -1.84. The summed E-state index contributed by atoms with van der Waals surface area (Å²) >= 11 is 0. The van der Waals surface area contributed by atoms with E-state index in [-0.39, 0.29) is 35.5 Å². The predicted molar refractivity (Wildman–Crippen MR) is 117 cm³/mol. The van der Waals surface area contributed by atoms with Gasteiger partial charge in [0.15, 0.2) is 17.5 Å². The number of halogens is 2. The molecule has 8 heteroatoms. The van der Waals surface area contributed by atoms with Crippen LogP contribution in [0, 0.1) is 19.7 Å². The van der Waals surface area contributed by atoms with E-state index in [2.05, 4.69) is 10.4 Å². The van der Waals surface area contributed by atoms with Gasteiger partial charge in [0.25, 0.3) is 0 Å². The Kier molecular flexibility index (Phi) is 9.01. The van der Waals surface area contributed by atoms with Gasteiger partial charge in [0.05, 0.1) is 19.3 Å². The average molecular weight is 489 g/mol. The highest BCUT2D eigenvalue weighted by Gasteiger charge is 2.12. The molecule has 6 nitrogen and oxygen atoms in total. The van der Waals surface area contributed by atoms with Crippen molar-refractivity contribution < 1.29 is 9.13 Å². The zero-order valence-electron chi connectivity index (χ0n) is 16.8. The maximum absolute atomic E-state index is 13.9. The Balaban J connectivity index is 0.00000364. The van der Waals surface area contributed by atoms with E-state index in [1.54, 1.807) is 6.07 Å². The summed E-state index contributed by atoms with van der Waals surface area (Å²) in [4.78, 5) is 6.71. The fourth-order valence-corrected chi connectivity index (χ4v) is 2.83. The largest absolute Gasteiger partial charge is 0.494 e. The number of nitrogens with zero attached hydrogens (tertiary/aromatic N) is 4. The lowest BCUT2D eigenvalue weighted by Crippen LogP contribution is -2.38. The van der Waals surface area contributed by atoms with Gasteiger partial charge in [-0.1, -0.05) is 6.07 Å². The number of rotatable bonds is 6. The van der Waals surface area contributed by atoms with Crippen LogP contribution in [0.15, 0.2) is 23.2 Å². The SMILES string of the molecule is CCNC(=NCc1c(C)nn(C)c1C)N(C)Cc1ccc(OC)c(F)c1.I. The molecule has 27 heavy (non-hydrogen) atoms. The van der Waals surface area contributed by atoms with Gasteiger partial charge in [-0.05, 0) is 38.5 Å². The van der Waals surface area contributed by atoms with E-state index in [0.717, 1.165) is 35.0 Å². The van der Waals surface area contributed by atoms with Gasteiger partial charge in [-0.25, -0.2) is 9.38 Å². The molecule has 1 heterocycles. The molecule has 0 unspecified atom stereocenters. The molecule has 2 rings (SSSR count). The summed E-state index contributed by atoms with van der Waals surface area (Å²) in [5.41, 5.74) is 4.09. The molecule has 0 saturated heterocycles. The second kappa shape index (κ2) is 10.5. The molecule has 1 N–H and O–H groups in total.